The molecule has 0 radical (unpaired) electrons. The van der Waals surface area contributed by atoms with E-state index in [9.17, 15) is 14.4 Å². The number of thiophene rings is 1. The molecule has 1 aliphatic rings. The average Bonchev–Trinajstić information content (AvgIpc) is 3.41. The average molecular weight is 394 g/mol. The van der Waals surface area contributed by atoms with Crippen molar-refractivity contribution in [3.63, 3.8) is 0 Å². The zero-order valence-electron chi connectivity index (χ0n) is 13.9. The number of benzene rings is 1. The van der Waals surface area contributed by atoms with Crippen LogP contribution in [0.1, 0.15) is 23.2 Å². The summed E-state index contributed by atoms with van der Waals surface area (Å²) in [6.07, 6.45) is 1.61. The summed E-state index contributed by atoms with van der Waals surface area (Å²) in [5, 5.41) is 5.13. The maximum absolute atomic E-state index is 12.3. The number of halogens is 1. The molecule has 1 fully saturated rings. The van der Waals surface area contributed by atoms with E-state index in [-0.39, 0.29) is 17.5 Å². The number of nitrogens with one attached hydrogen (secondary N) is 1. The number of carbonyl (C=O) groups is 3. The van der Waals surface area contributed by atoms with E-state index < -0.39 is 18.5 Å². The molecule has 1 amide bonds. The van der Waals surface area contributed by atoms with Gasteiger partial charge in [-0.3, -0.25) is 9.59 Å². The van der Waals surface area contributed by atoms with E-state index in [4.69, 9.17) is 21.1 Å². The van der Waals surface area contributed by atoms with Crippen molar-refractivity contribution in [3.05, 3.63) is 40.2 Å². The third kappa shape index (κ3) is 4.05. The largest absolute Gasteiger partial charge is 0.465 e. The van der Waals surface area contributed by atoms with Crippen LogP contribution in [0.15, 0.2) is 29.6 Å². The number of hydrogen-bond acceptors (Lipinski definition) is 6. The minimum Gasteiger partial charge on any atom is -0.465 e. The first-order valence-electron chi connectivity index (χ1n) is 7.92. The van der Waals surface area contributed by atoms with Crippen LogP contribution in [0.5, 0.6) is 0 Å². The smallest absolute Gasteiger partial charge is 0.341 e. The van der Waals surface area contributed by atoms with Gasteiger partial charge in [-0.2, -0.15) is 0 Å². The van der Waals surface area contributed by atoms with Gasteiger partial charge in [-0.25, -0.2) is 4.79 Å². The number of esters is 2. The number of rotatable bonds is 6. The number of methoxy groups -OCH3 is 1. The van der Waals surface area contributed by atoms with Gasteiger partial charge in [-0.15, -0.1) is 11.3 Å². The fourth-order valence-corrected chi connectivity index (χ4v) is 3.57. The summed E-state index contributed by atoms with van der Waals surface area (Å²) in [4.78, 5) is 35.8. The molecule has 0 saturated heterocycles. The van der Waals surface area contributed by atoms with E-state index >= 15 is 0 Å². The summed E-state index contributed by atoms with van der Waals surface area (Å²) < 4.78 is 9.80. The maximum Gasteiger partial charge on any atom is 0.341 e. The van der Waals surface area contributed by atoms with Gasteiger partial charge in [0.15, 0.2) is 6.61 Å². The molecule has 1 heterocycles. The Morgan fingerprint density at radius 3 is 2.62 bits per heavy atom. The molecule has 0 atom stereocenters. The SMILES string of the molecule is COC(=O)c1c(-c2ccccc2Cl)csc1NC(=O)COC(=O)C1CC1. The van der Waals surface area contributed by atoms with Crippen molar-refractivity contribution in [1.29, 1.82) is 0 Å². The van der Waals surface area contributed by atoms with Crippen LogP contribution in [0.4, 0.5) is 5.00 Å². The van der Waals surface area contributed by atoms with E-state index in [0.29, 0.717) is 21.2 Å². The Morgan fingerprint density at radius 2 is 1.96 bits per heavy atom. The lowest BCUT2D eigenvalue weighted by atomic mass is 10.0. The Hall–Kier alpha value is -2.38. The molecule has 0 aliphatic heterocycles. The normalized spacial score (nSPS) is 13.2. The molecule has 2 aromatic rings. The Labute approximate surface area is 159 Å². The molecule has 0 unspecified atom stereocenters. The summed E-state index contributed by atoms with van der Waals surface area (Å²) in [6.45, 7) is -0.394. The van der Waals surface area contributed by atoms with E-state index in [1.165, 1.54) is 18.4 Å². The molecule has 26 heavy (non-hydrogen) atoms. The highest BCUT2D eigenvalue weighted by molar-refractivity contribution is 7.15. The van der Waals surface area contributed by atoms with Gasteiger partial charge >= 0.3 is 11.9 Å². The van der Waals surface area contributed by atoms with Gasteiger partial charge in [0.2, 0.25) is 0 Å². The highest BCUT2D eigenvalue weighted by Gasteiger charge is 2.31. The van der Waals surface area contributed by atoms with Crippen LogP contribution >= 0.6 is 22.9 Å². The minimum absolute atomic E-state index is 0.0815. The van der Waals surface area contributed by atoms with Crippen LogP contribution in [0, 0.1) is 5.92 Å². The summed E-state index contributed by atoms with van der Waals surface area (Å²) in [5.74, 6) is -1.55. The third-order valence-electron chi connectivity index (χ3n) is 3.85. The number of ether oxygens (including phenoxy) is 2. The van der Waals surface area contributed by atoms with Crippen molar-refractivity contribution in [2.45, 2.75) is 12.8 Å². The lowest BCUT2D eigenvalue weighted by Gasteiger charge is -2.09. The van der Waals surface area contributed by atoms with Gasteiger partial charge in [-0.05, 0) is 18.9 Å². The molecular formula is C18H16ClNO5S. The van der Waals surface area contributed by atoms with Crippen LogP contribution in [0.25, 0.3) is 11.1 Å². The van der Waals surface area contributed by atoms with Gasteiger partial charge < -0.3 is 14.8 Å². The molecule has 1 N–H and O–H groups in total. The van der Waals surface area contributed by atoms with Crippen LogP contribution in [0.3, 0.4) is 0 Å². The first kappa shape index (κ1) is 18.4. The molecule has 1 aromatic carbocycles. The predicted molar refractivity (Wildman–Crippen MR) is 98.4 cm³/mol. The second kappa shape index (κ2) is 7.88. The van der Waals surface area contributed by atoms with Crippen molar-refractivity contribution in [2.24, 2.45) is 5.92 Å². The fourth-order valence-electron chi connectivity index (χ4n) is 2.37. The zero-order chi connectivity index (χ0) is 18.7. The van der Waals surface area contributed by atoms with E-state index in [2.05, 4.69) is 5.32 Å². The first-order chi connectivity index (χ1) is 12.5. The second-order valence-corrected chi connectivity index (χ2v) is 7.04. The van der Waals surface area contributed by atoms with Crippen molar-refractivity contribution in [2.75, 3.05) is 19.0 Å². The molecule has 1 aliphatic carbocycles. The Morgan fingerprint density at radius 1 is 1.23 bits per heavy atom. The fraction of sp³-hybridized carbons (Fsp3) is 0.278. The van der Waals surface area contributed by atoms with Crippen LogP contribution in [-0.2, 0) is 19.1 Å². The highest BCUT2D eigenvalue weighted by Crippen LogP contribution is 2.39. The highest BCUT2D eigenvalue weighted by atomic mass is 35.5. The van der Waals surface area contributed by atoms with E-state index in [0.717, 1.165) is 12.8 Å². The molecule has 3 rings (SSSR count). The van der Waals surface area contributed by atoms with E-state index in [1.54, 1.807) is 29.6 Å². The molecule has 1 aromatic heterocycles. The van der Waals surface area contributed by atoms with Gasteiger partial charge in [-0.1, -0.05) is 29.8 Å². The third-order valence-corrected chi connectivity index (χ3v) is 5.08. The van der Waals surface area contributed by atoms with Gasteiger partial charge in [0.05, 0.1) is 13.0 Å². The molecule has 6 nitrogen and oxygen atoms in total. The summed E-state index contributed by atoms with van der Waals surface area (Å²) >= 11 is 7.39. The maximum atomic E-state index is 12.3. The Balaban J connectivity index is 1.80. The standard InChI is InChI=1S/C18H16ClNO5S/c1-24-18(23)15-12(11-4-2-3-5-13(11)19)9-26-16(15)20-14(21)8-25-17(22)10-6-7-10/h2-5,9-10H,6-8H2,1H3,(H,20,21). The minimum atomic E-state index is -0.591. The monoisotopic (exact) mass is 393 g/mol. The molecule has 8 heteroatoms. The van der Waals surface area contributed by atoms with Gasteiger partial charge in [0.25, 0.3) is 5.91 Å². The molecule has 1 saturated carbocycles. The molecule has 0 spiro atoms. The topological polar surface area (TPSA) is 81.7 Å². The van der Waals surface area contributed by atoms with Gasteiger partial charge in [0.1, 0.15) is 10.6 Å². The predicted octanol–water partition coefficient (Wildman–Crippen LogP) is 3.75. The van der Waals surface area contributed by atoms with Crippen molar-refractivity contribution >= 4 is 45.8 Å². The van der Waals surface area contributed by atoms with Crippen molar-refractivity contribution < 1.29 is 23.9 Å². The molecular weight excluding hydrogens is 378 g/mol. The molecule has 136 valence electrons. The first-order valence-corrected chi connectivity index (χ1v) is 9.18. The second-order valence-electron chi connectivity index (χ2n) is 5.76. The van der Waals surface area contributed by atoms with Crippen molar-refractivity contribution in [3.8, 4) is 11.1 Å². The Kier molecular flexibility index (Phi) is 5.58. The van der Waals surface area contributed by atoms with Crippen molar-refractivity contribution in [1.82, 2.24) is 0 Å². The van der Waals surface area contributed by atoms with Crippen LogP contribution in [0.2, 0.25) is 5.02 Å². The Bertz CT molecular complexity index is 859. The summed E-state index contributed by atoms with van der Waals surface area (Å²) in [6, 6.07) is 7.08. The number of carbonyl (C=O) groups excluding carboxylic acids is 3. The van der Waals surface area contributed by atoms with Crippen LogP contribution in [-0.4, -0.2) is 31.6 Å². The number of hydrogen-bond donors (Lipinski definition) is 1. The van der Waals surface area contributed by atoms with E-state index in [1.807, 2.05) is 0 Å². The lowest BCUT2D eigenvalue weighted by Crippen LogP contribution is -2.22. The quantitative estimate of drug-likeness (QED) is 0.756. The number of anilines is 1. The number of amides is 1. The van der Waals surface area contributed by atoms with Gasteiger partial charge in [0, 0.05) is 21.5 Å². The zero-order valence-corrected chi connectivity index (χ0v) is 15.5. The summed E-state index contributed by atoms with van der Waals surface area (Å²) in [5.41, 5.74) is 1.44. The summed E-state index contributed by atoms with van der Waals surface area (Å²) in [7, 11) is 1.26. The lowest BCUT2D eigenvalue weighted by molar-refractivity contribution is -0.148. The van der Waals surface area contributed by atoms with Crippen LogP contribution < -0.4 is 5.32 Å². The molecule has 0 bridgehead atoms.